The van der Waals surface area contributed by atoms with Gasteiger partial charge >= 0.3 is 0 Å². The minimum absolute atomic E-state index is 0.257. The smallest absolute Gasteiger partial charge is 0.0627 e. The third-order valence-corrected chi connectivity index (χ3v) is 2.19. The molecule has 1 saturated heterocycles. The molecule has 0 saturated carbocycles. The van der Waals surface area contributed by atoms with E-state index in [2.05, 4.69) is 18.3 Å². The molecule has 0 aromatic heterocycles. The van der Waals surface area contributed by atoms with Crippen molar-refractivity contribution < 1.29 is 0 Å². The summed E-state index contributed by atoms with van der Waals surface area (Å²) in [6.45, 7) is 4.32. The van der Waals surface area contributed by atoms with Crippen LogP contribution in [0.25, 0.3) is 0 Å². The summed E-state index contributed by atoms with van der Waals surface area (Å²) in [6, 6.07) is 2.24. The molecule has 0 spiro atoms. The zero-order chi connectivity index (χ0) is 7.45. The van der Waals surface area contributed by atoms with Crippen LogP contribution in [0.15, 0.2) is 0 Å². The highest BCUT2D eigenvalue weighted by Gasteiger charge is 2.25. The molecule has 0 aromatic rings. The van der Waals surface area contributed by atoms with Crippen molar-refractivity contribution in [2.45, 2.75) is 26.2 Å². The van der Waals surface area contributed by atoms with Gasteiger partial charge in [0.25, 0.3) is 0 Å². The lowest BCUT2D eigenvalue weighted by Crippen LogP contribution is -2.37. The van der Waals surface area contributed by atoms with Gasteiger partial charge in [-0.2, -0.15) is 5.26 Å². The van der Waals surface area contributed by atoms with Crippen LogP contribution in [0.4, 0.5) is 0 Å². The Morgan fingerprint density at radius 1 is 1.70 bits per heavy atom. The maximum Gasteiger partial charge on any atom is 0.0627 e. The molecule has 10 heavy (non-hydrogen) atoms. The summed E-state index contributed by atoms with van der Waals surface area (Å²) in [5.74, 6) is 0. The summed E-state index contributed by atoms with van der Waals surface area (Å²) >= 11 is 0. The molecule has 2 heteroatoms. The van der Waals surface area contributed by atoms with Crippen molar-refractivity contribution in [1.29, 1.82) is 5.26 Å². The van der Waals surface area contributed by atoms with E-state index in [1.165, 1.54) is 12.8 Å². The van der Waals surface area contributed by atoms with Gasteiger partial charge in [0, 0.05) is 13.0 Å². The van der Waals surface area contributed by atoms with Crippen molar-refractivity contribution in [3.8, 4) is 6.07 Å². The molecular formula is C8H14N2. The standard InChI is InChI=1S/C8H14N2/c1-8(4-5-9)3-2-6-10-7-8/h10H,2-4,6-7H2,1H3/t8-/m0/s1. The molecular weight excluding hydrogens is 124 g/mol. The Bertz CT molecular complexity index is 140. The number of nitrogens with one attached hydrogen (secondary N) is 1. The molecule has 0 aromatic carbocycles. The van der Waals surface area contributed by atoms with Crippen LogP contribution in [-0.4, -0.2) is 13.1 Å². The molecule has 1 atom stereocenters. The van der Waals surface area contributed by atoms with E-state index in [0.29, 0.717) is 6.42 Å². The number of nitrogens with zero attached hydrogens (tertiary/aromatic N) is 1. The lowest BCUT2D eigenvalue weighted by Gasteiger charge is -2.31. The molecule has 1 N–H and O–H groups in total. The lowest BCUT2D eigenvalue weighted by atomic mass is 9.80. The van der Waals surface area contributed by atoms with Crippen LogP contribution in [0.5, 0.6) is 0 Å². The first-order chi connectivity index (χ1) is 4.77. The lowest BCUT2D eigenvalue weighted by molar-refractivity contribution is 0.242. The van der Waals surface area contributed by atoms with Crippen molar-refractivity contribution >= 4 is 0 Å². The molecule has 1 fully saturated rings. The van der Waals surface area contributed by atoms with Crippen LogP contribution < -0.4 is 5.32 Å². The normalized spacial score (nSPS) is 33.2. The SMILES string of the molecule is C[C@@]1(CC#N)CCCNC1. The highest BCUT2D eigenvalue weighted by molar-refractivity contribution is 4.89. The summed E-state index contributed by atoms with van der Waals surface area (Å²) in [5.41, 5.74) is 0.257. The highest BCUT2D eigenvalue weighted by Crippen LogP contribution is 2.28. The molecule has 1 aliphatic heterocycles. The number of hydrogen-bond acceptors (Lipinski definition) is 2. The van der Waals surface area contributed by atoms with E-state index >= 15 is 0 Å². The maximum absolute atomic E-state index is 8.51. The Morgan fingerprint density at radius 2 is 2.50 bits per heavy atom. The summed E-state index contributed by atoms with van der Waals surface area (Å²) in [5, 5.41) is 11.8. The van der Waals surface area contributed by atoms with Gasteiger partial charge in [0.2, 0.25) is 0 Å². The van der Waals surface area contributed by atoms with Crippen LogP contribution in [0.2, 0.25) is 0 Å². The Morgan fingerprint density at radius 3 is 3.00 bits per heavy atom. The van der Waals surface area contributed by atoms with E-state index in [1.54, 1.807) is 0 Å². The van der Waals surface area contributed by atoms with Gasteiger partial charge in [0.1, 0.15) is 0 Å². The van der Waals surface area contributed by atoms with E-state index in [4.69, 9.17) is 5.26 Å². The number of rotatable bonds is 1. The Kier molecular flexibility index (Phi) is 2.29. The van der Waals surface area contributed by atoms with Crippen molar-refractivity contribution in [1.82, 2.24) is 5.32 Å². The maximum atomic E-state index is 8.51. The van der Waals surface area contributed by atoms with Gasteiger partial charge in [-0.1, -0.05) is 6.92 Å². The fourth-order valence-corrected chi connectivity index (χ4v) is 1.46. The second-order valence-electron chi connectivity index (χ2n) is 3.43. The van der Waals surface area contributed by atoms with Gasteiger partial charge in [-0.3, -0.25) is 0 Å². The fourth-order valence-electron chi connectivity index (χ4n) is 1.46. The Hall–Kier alpha value is -0.550. The van der Waals surface area contributed by atoms with Crippen molar-refractivity contribution in [3.05, 3.63) is 0 Å². The highest BCUT2D eigenvalue weighted by atomic mass is 14.9. The molecule has 1 heterocycles. The third kappa shape index (κ3) is 1.71. The minimum atomic E-state index is 0.257. The molecule has 2 nitrogen and oxygen atoms in total. The van der Waals surface area contributed by atoms with E-state index in [9.17, 15) is 0 Å². The van der Waals surface area contributed by atoms with Crippen LogP contribution in [0, 0.1) is 16.7 Å². The zero-order valence-corrected chi connectivity index (χ0v) is 6.48. The first-order valence-electron chi connectivity index (χ1n) is 3.84. The molecule has 56 valence electrons. The first-order valence-corrected chi connectivity index (χ1v) is 3.84. The van der Waals surface area contributed by atoms with Gasteiger partial charge < -0.3 is 5.32 Å². The van der Waals surface area contributed by atoms with Gasteiger partial charge in [0.15, 0.2) is 0 Å². The van der Waals surface area contributed by atoms with Gasteiger partial charge in [0.05, 0.1) is 6.07 Å². The fraction of sp³-hybridized carbons (Fsp3) is 0.875. The van der Waals surface area contributed by atoms with Crippen LogP contribution in [0.3, 0.4) is 0 Å². The van der Waals surface area contributed by atoms with Crippen molar-refractivity contribution in [3.63, 3.8) is 0 Å². The summed E-state index contributed by atoms with van der Waals surface area (Å²) in [4.78, 5) is 0. The number of piperidine rings is 1. The van der Waals surface area contributed by atoms with E-state index in [-0.39, 0.29) is 5.41 Å². The second-order valence-corrected chi connectivity index (χ2v) is 3.43. The molecule has 1 rings (SSSR count). The molecule has 0 amide bonds. The van der Waals surface area contributed by atoms with Crippen molar-refractivity contribution in [2.75, 3.05) is 13.1 Å². The van der Waals surface area contributed by atoms with Gasteiger partial charge in [-0.15, -0.1) is 0 Å². The first kappa shape index (κ1) is 7.56. The summed E-state index contributed by atoms with van der Waals surface area (Å²) < 4.78 is 0. The van der Waals surface area contributed by atoms with E-state index in [1.807, 2.05) is 0 Å². The van der Waals surface area contributed by atoms with E-state index in [0.717, 1.165) is 13.1 Å². The van der Waals surface area contributed by atoms with Gasteiger partial charge in [-0.05, 0) is 24.8 Å². The zero-order valence-electron chi connectivity index (χ0n) is 6.48. The third-order valence-electron chi connectivity index (χ3n) is 2.19. The molecule has 0 bridgehead atoms. The number of hydrogen-bond donors (Lipinski definition) is 1. The quantitative estimate of drug-likeness (QED) is 0.592. The molecule has 0 radical (unpaired) electrons. The Labute approximate surface area is 62.2 Å². The van der Waals surface area contributed by atoms with Crippen molar-refractivity contribution in [2.24, 2.45) is 5.41 Å². The predicted octanol–water partition coefficient (Wildman–Crippen LogP) is 1.29. The largest absolute Gasteiger partial charge is 0.316 e. The average molecular weight is 138 g/mol. The van der Waals surface area contributed by atoms with Crippen LogP contribution in [0.1, 0.15) is 26.2 Å². The minimum Gasteiger partial charge on any atom is -0.316 e. The van der Waals surface area contributed by atoms with Crippen LogP contribution in [-0.2, 0) is 0 Å². The van der Waals surface area contributed by atoms with Gasteiger partial charge in [-0.25, -0.2) is 0 Å². The molecule has 0 unspecified atom stereocenters. The molecule has 0 aliphatic carbocycles. The van der Waals surface area contributed by atoms with E-state index < -0.39 is 0 Å². The topological polar surface area (TPSA) is 35.8 Å². The average Bonchev–Trinajstić information content (AvgIpc) is 1.89. The summed E-state index contributed by atoms with van der Waals surface area (Å²) in [7, 11) is 0. The number of nitriles is 1. The Balaban J connectivity index is 2.42. The molecule has 1 aliphatic rings. The predicted molar refractivity (Wildman–Crippen MR) is 40.4 cm³/mol. The second kappa shape index (κ2) is 3.03. The summed E-state index contributed by atoms with van der Waals surface area (Å²) in [6.07, 6.45) is 3.12. The monoisotopic (exact) mass is 138 g/mol. The van der Waals surface area contributed by atoms with Crippen LogP contribution >= 0.6 is 0 Å².